The van der Waals surface area contributed by atoms with E-state index in [4.69, 9.17) is 15.2 Å². The van der Waals surface area contributed by atoms with Crippen molar-refractivity contribution >= 4 is 17.4 Å². The smallest absolute Gasteiger partial charge is 0.163 e. The zero-order valence-corrected chi connectivity index (χ0v) is 11.2. The molecule has 0 spiro atoms. The predicted molar refractivity (Wildman–Crippen MR) is 74.4 cm³/mol. The Bertz CT molecular complexity index is 433. The molecule has 18 heavy (non-hydrogen) atoms. The molecule has 0 bridgehead atoms. The van der Waals surface area contributed by atoms with E-state index in [1.165, 1.54) is 11.5 Å². The monoisotopic (exact) mass is 266 g/mol. The molecule has 2 aliphatic rings. The average Bonchev–Trinajstić information content (AvgIpc) is 2.41. The molecular weight excluding hydrogens is 248 g/mol. The summed E-state index contributed by atoms with van der Waals surface area (Å²) in [5.41, 5.74) is 8.04. The van der Waals surface area contributed by atoms with Gasteiger partial charge in [0.25, 0.3) is 0 Å². The van der Waals surface area contributed by atoms with Gasteiger partial charge in [-0.2, -0.15) is 11.8 Å². The number of nitrogens with zero attached hydrogens (tertiary/aromatic N) is 1. The first-order chi connectivity index (χ1) is 8.83. The first-order valence-electron chi connectivity index (χ1n) is 6.31. The Morgan fingerprint density at radius 1 is 1.11 bits per heavy atom. The molecule has 0 radical (unpaired) electrons. The minimum atomic E-state index is 0.606. The molecule has 2 aliphatic heterocycles. The van der Waals surface area contributed by atoms with Crippen molar-refractivity contribution in [3.05, 3.63) is 17.7 Å². The van der Waals surface area contributed by atoms with Crippen LogP contribution in [0.3, 0.4) is 0 Å². The van der Waals surface area contributed by atoms with Crippen LogP contribution in [0.15, 0.2) is 12.1 Å². The van der Waals surface area contributed by atoms with Crippen molar-refractivity contribution in [1.82, 2.24) is 4.90 Å². The van der Waals surface area contributed by atoms with Crippen molar-refractivity contribution < 1.29 is 9.47 Å². The van der Waals surface area contributed by atoms with Gasteiger partial charge in [-0.25, -0.2) is 0 Å². The Morgan fingerprint density at radius 2 is 1.78 bits per heavy atom. The fourth-order valence-electron chi connectivity index (χ4n) is 2.28. The van der Waals surface area contributed by atoms with Gasteiger partial charge in [0.15, 0.2) is 11.5 Å². The highest BCUT2D eigenvalue weighted by Crippen LogP contribution is 2.35. The van der Waals surface area contributed by atoms with Crippen LogP contribution < -0.4 is 15.2 Å². The van der Waals surface area contributed by atoms with Crippen molar-refractivity contribution in [3.8, 4) is 11.5 Å². The maximum absolute atomic E-state index is 6.09. The quantitative estimate of drug-likeness (QED) is 0.824. The number of benzene rings is 1. The maximum atomic E-state index is 6.09. The van der Waals surface area contributed by atoms with Crippen molar-refractivity contribution in [3.63, 3.8) is 0 Å². The number of ether oxygens (including phenoxy) is 2. The molecule has 4 nitrogen and oxygen atoms in total. The molecule has 0 atom stereocenters. The van der Waals surface area contributed by atoms with Gasteiger partial charge < -0.3 is 15.2 Å². The van der Waals surface area contributed by atoms with Crippen LogP contribution in [0, 0.1) is 0 Å². The Morgan fingerprint density at radius 3 is 2.50 bits per heavy atom. The van der Waals surface area contributed by atoms with Gasteiger partial charge in [0.1, 0.15) is 13.2 Å². The molecule has 98 valence electrons. The van der Waals surface area contributed by atoms with E-state index in [1.54, 1.807) is 0 Å². The van der Waals surface area contributed by atoms with Crippen LogP contribution in [-0.4, -0.2) is 42.7 Å². The lowest BCUT2D eigenvalue weighted by molar-refractivity contribution is 0.171. The first kappa shape index (κ1) is 12.0. The number of fused-ring (bicyclic) bond motifs is 1. The number of nitrogens with two attached hydrogens (primary N) is 1. The molecular formula is C13H18N2O2S. The highest BCUT2D eigenvalue weighted by Gasteiger charge is 2.17. The van der Waals surface area contributed by atoms with Gasteiger partial charge >= 0.3 is 0 Å². The Hall–Kier alpha value is -1.07. The zero-order valence-electron chi connectivity index (χ0n) is 10.4. The van der Waals surface area contributed by atoms with Gasteiger partial charge in [-0.3, -0.25) is 4.90 Å². The fraction of sp³-hybridized carbons (Fsp3) is 0.538. The zero-order chi connectivity index (χ0) is 12.4. The third-order valence-electron chi connectivity index (χ3n) is 3.30. The van der Waals surface area contributed by atoms with E-state index in [1.807, 2.05) is 23.9 Å². The van der Waals surface area contributed by atoms with Gasteiger partial charge in [0.2, 0.25) is 0 Å². The Balaban J connectivity index is 1.78. The van der Waals surface area contributed by atoms with E-state index < -0.39 is 0 Å². The summed E-state index contributed by atoms with van der Waals surface area (Å²) in [4.78, 5) is 2.44. The predicted octanol–water partition coefficient (Wildman–Crippen LogP) is 1.59. The van der Waals surface area contributed by atoms with Crippen molar-refractivity contribution in [2.24, 2.45) is 0 Å². The molecule has 5 heteroatoms. The molecule has 1 fully saturated rings. The molecule has 0 aromatic heterocycles. The summed E-state index contributed by atoms with van der Waals surface area (Å²) >= 11 is 2.02. The molecule has 2 heterocycles. The van der Waals surface area contributed by atoms with Crippen LogP contribution in [0.1, 0.15) is 5.56 Å². The molecule has 0 amide bonds. The second kappa shape index (κ2) is 5.28. The maximum Gasteiger partial charge on any atom is 0.163 e. The summed E-state index contributed by atoms with van der Waals surface area (Å²) in [6.07, 6.45) is 0. The lowest BCUT2D eigenvalue weighted by Crippen LogP contribution is -2.32. The van der Waals surface area contributed by atoms with Gasteiger partial charge in [0, 0.05) is 42.9 Å². The number of nitrogen functional groups attached to an aromatic ring is 1. The molecule has 3 rings (SSSR count). The van der Waals surface area contributed by atoms with E-state index in [2.05, 4.69) is 4.90 Å². The molecule has 2 N–H and O–H groups in total. The summed E-state index contributed by atoms with van der Waals surface area (Å²) in [6, 6.07) is 3.92. The van der Waals surface area contributed by atoms with E-state index in [-0.39, 0.29) is 0 Å². The fourth-order valence-corrected chi connectivity index (χ4v) is 3.26. The number of rotatable bonds is 2. The number of thioether (sulfide) groups is 1. The largest absolute Gasteiger partial charge is 0.486 e. The highest BCUT2D eigenvalue weighted by molar-refractivity contribution is 7.99. The lowest BCUT2D eigenvalue weighted by Gasteiger charge is -2.27. The van der Waals surface area contributed by atoms with Gasteiger partial charge in [-0.1, -0.05) is 0 Å². The van der Waals surface area contributed by atoms with E-state index in [0.717, 1.165) is 42.4 Å². The van der Waals surface area contributed by atoms with Crippen LogP contribution in [0.4, 0.5) is 5.69 Å². The Labute approximate surface area is 111 Å². The van der Waals surface area contributed by atoms with Gasteiger partial charge in [-0.05, 0) is 11.6 Å². The molecule has 0 aliphatic carbocycles. The summed E-state index contributed by atoms with van der Waals surface area (Å²) in [6.45, 7) is 4.41. The lowest BCUT2D eigenvalue weighted by atomic mass is 10.1. The summed E-state index contributed by atoms with van der Waals surface area (Å²) in [5, 5.41) is 0. The van der Waals surface area contributed by atoms with E-state index >= 15 is 0 Å². The van der Waals surface area contributed by atoms with Crippen LogP contribution in [0.25, 0.3) is 0 Å². The summed E-state index contributed by atoms with van der Waals surface area (Å²) in [5.74, 6) is 4.03. The summed E-state index contributed by atoms with van der Waals surface area (Å²) < 4.78 is 11.1. The topological polar surface area (TPSA) is 47.7 Å². The second-order valence-electron chi connectivity index (χ2n) is 4.58. The van der Waals surface area contributed by atoms with E-state index in [9.17, 15) is 0 Å². The first-order valence-corrected chi connectivity index (χ1v) is 7.46. The SMILES string of the molecule is Nc1cc2c(cc1CN1CCSCC1)OCCO2. The molecule has 0 saturated carbocycles. The van der Waals surface area contributed by atoms with Crippen LogP contribution in [0.2, 0.25) is 0 Å². The molecule has 1 saturated heterocycles. The number of hydrogen-bond donors (Lipinski definition) is 1. The third kappa shape index (κ3) is 2.52. The van der Waals surface area contributed by atoms with Crippen molar-refractivity contribution in [2.75, 3.05) is 43.5 Å². The van der Waals surface area contributed by atoms with Crippen LogP contribution in [0.5, 0.6) is 11.5 Å². The average molecular weight is 266 g/mol. The van der Waals surface area contributed by atoms with E-state index in [0.29, 0.717) is 13.2 Å². The normalized spacial score (nSPS) is 19.8. The minimum absolute atomic E-state index is 0.606. The second-order valence-corrected chi connectivity index (χ2v) is 5.81. The van der Waals surface area contributed by atoms with Crippen LogP contribution >= 0.6 is 11.8 Å². The third-order valence-corrected chi connectivity index (χ3v) is 4.24. The summed E-state index contributed by atoms with van der Waals surface area (Å²) in [7, 11) is 0. The molecule has 1 aromatic carbocycles. The molecule has 0 unspecified atom stereocenters. The number of anilines is 1. The Kier molecular flexibility index (Phi) is 3.52. The standard InChI is InChI=1S/C13H18N2O2S/c14-11-8-13-12(16-3-4-17-13)7-10(11)9-15-1-5-18-6-2-15/h7-8H,1-6,9,14H2. The van der Waals surface area contributed by atoms with Gasteiger partial charge in [-0.15, -0.1) is 0 Å². The van der Waals surface area contributed by atoms with Crippen molar-refractivity contribution in [2.45, 2.75) is 6.54 Å². The van der Waals surface area contributed by atoms with Crippen LogP contribution in [-0.2, 0) is 6.54 Å². The van der Waals surface area contributed by atoms with Crippen molar-refractivity contribution in [1.29, 1.82) is 0 Å². The molecule has 1 aromatic rings. The highest BCUT2D eigenvalue weighted by atomic mass is 32.2. The van der Waals surface area contributed by atoms with Gasteiger partial charge in [0.05, 0.1) is 0 Å². The number of hydrogen-bond acceptors (Lipinski definition) is 5. The minimum Gasteiger partial charge on any atom is -0.486 e.